The molecule has 2 aromatic rings. The van der Waals surface area contributed by atoms with Gasteiger partial charge >= 0.3 is 0 Å². The van der Waals surface area contributed by atoms with E-state index in [0.29, 0.717) is 5.69 Å². The number of rotatable bonds is 4. The summed E-state index contributed by atoms with van der Waals surface area (Å²) in [5.74, 6) is -0.278. The van der Waals surface area contributed by atoms with Gasteiger partial charge in [-0.25, -0.2) is 12.7 Å². The van der Waals surface area contributed by atoms with Crippen molar-refractivity contribution in [2.24, 2.45) is 0 Å². The predicted molar refractivity (Wildman–Crippen MR) is 74.0 cm³/mol. The summed E-state index contributed by atoms with van der Waals surface area (Å²) in [6, 6.07) is 9.16. The number of amides is 1. The van der Waals surface area contributed by atoms with Gasteiger partial charge in [0.15, 0.2) is 5.76 Å². The van der Waals surface area contributed by atoms with E-state index in [2.05, 4.69) is 5.32 Å². The van der Waals surface area contributed by atoms with Crippen molar-refractivity contribution in [3.63, 3.8) is 0 Å². The molecule has 1 aromatic heterocycles. The summed E-state index contributed by atoms with van der Waals surface area (Å²) in [6.07, 6.45) is 1.39. The van der Waals surface area contributed by atoms with Crippen molar-refractivity contribution in [3.05, 3.63) is 48.4 Å². The number of furan rings is 1. The van der Waals surface area contributed by atoms with E-state index in [4.69, 9.17) is 4.42 Å². The zero-order valence-electron chi connectivity index (χ0n) is 11.0. The molecule has 6 nitrogen and oxygen atoms in total. The maximum Gasteiger partial charge on any atom is 0.291 e. The Morgan fingerprint density at radius 2 is 1.95 bits per heavy atom. The summed E-state index contributed by atoms with van der Waals surface area (Å²) >= 11 is 0. The third-order valence-electron chi connectivity index (χ3n) is 2.62. The van der Waals surface area contributed by atoms with Crippen LogP contribution in [0.2, 0.25) is 0 Å². The van der Waals surface area contributed by atoms with Crippen molar-refractivity contribution in [1.29, 1.82) is 0 Å². The molecule has 106 valence electrons. The van der Waals surface area contributed by atoms with Crippen LogP contribution >= 0.6 is 0 Å². The minimum Gasteiger partial charge on any atom is -0.459 e. The van der Waals surface area contributed by atoms with Crippen LogP contribution in [0.5, 0.6) is 0 Å². The highest BCUT2D eigenvalue weighted by atomic mass is 32.2. The second-order valence-electron chi connectivity index (χ2n) is 4.25. The second kappa shape index (κ2) is 5.48. The normalized spacial score (nSPS) is 11.6. The molecule has 0 aliphatic carbocycles. The van der Waals surface area contributed by atoms with E-state index in [-0.39, 0.29) is 10.7 Å². The Labute approximate surface area is 117 Å². The molecular formula is C13H14N2O4S. The largest absolute Gasteiger partial charge is 0.459 e. The molecular weight excluding hydrogens is 280 g/mol. The van der Waals surface area contributed by atoms with Crippen LogP contribution in [-0.4, -0.2) is 32.7 Å². The number of nitrogens with zero attached hydrogens (tertiary/aromatic N) is 1. The van der Waals surface area contributed by atoms with Gasteiger partial charge in [-0.05, 0) is 30.3 Å². The van der Waals surface area contributed by atoms with Gasteiger partial charge in [0.25, 0.3) is 5.91 Å². The highest BCUT2D eigenvalue weighted by Gasteiger charge is 2.18. The first-order valence-electron chi connectivity index (χ1n) is 5.79. The van der Waals surface area contributed by atoms with Crippen LogP contribution in [0.15, 0.2) is 52.0 Å². The van der Waals surface area contributed by atoms with E-state index >= 15 is 0 Å². The van der Waals surface area contributed by atoms with Crippen LogP contribution in [-0.2, 0) is 10.0 Å². The number of carbonyl (C=O) groups excluding carboxylic acids is 1. The monoisotopic (exact) mass is 294 g/mol. The lowest BCUT2D eigenvalue weighted by Crippen LogP contribution is -2.22. The maximum atomic E-state index is 12.0. The van der Waals surface area contributed by atoms with E-state index in [0.717, 1.165) is 4.31 Å². The quantitative estimate of drug-likeness (QED) is 0.932. The molecule has 0 unspecified atom stereocenters. The first-order valence-corrected chi connectivity index (χ1v) is 7.23. The molecule has 0 aliphatic heterocycles. The van der Waals surface area contributed by atoms with Gasteiger partial charge in [0.1, 0.15) is 0 Å². The molecule has 0 saturated carbocycles. The summed E-state index contributed by atoms with van der Waals surface area (Å²) in [4.78, 5) is 11.9. The standard InChI is InChI=1S/C13H14N2O4S/c1-15(2)20(17,18)11-6-3-5-10(9-11)14-13(16)12-7-4-8-19-12/h3-9H,1-2H3,(H,14,16). The Morgan fingerprint density at radius 1 is 1.20 bits per heavy atom. The van der Waals surface area contributed by atoms with Gasteiger partial charge in [0.2, 0.25) is 10.0 Å². The minimum absolute atomic E-state index is 0.111. The number of nitrogens with one attached hydrogen (secondary N) is 1. The third kappa shape index (κ3) is 2.89. The lowest BCUT2D eigenvalue weighted by Gasteiger charge is -2.12. The van der Waals surface area contributed by atoms with E-state index in [1.165, 1.54) is 38.6 Å². The Morgan fingerprint density at radius 3 is 2.55 bits per heavy atom. The fourth-order valence-corrected chi connectivity index (χ4v) is 2.49. The second-order valence-corrected chi connectivity index (χ2v) is 6.40. The predicted octanol–water partition coefficient (Wildman–Crippen LogP) is 1.78. The van der Waals surface area contributed by atoms with Crippen LogP contribution in [0.4, 0.5) is 5.69 Å². The zero-order chi connectivity index (χ0) is 14.8. The molecule has 0 radical (unpaired) electrons. The summed E-state index contributed by atoms with van der Waals surface area (Å²) in [5, 5.41) is 2.58. The fraction of sp³-hybridized carbons (Fsp3) is 0.154. The highest BCUT2D eigenvalue weighted by molar-refractivity contribution is 7.89. The molecule has 0 saturated heterocycles. The van der Waals surface area contributed by atoms with Crippen molar-refractivity contribution >= 4 is 21.6 Å². The first kappa shape index (κ1) is 14.3. The smallest absolute Gasteiger partial charge is 0.291 e. The Kier molecular flexibility index (Phi) is 3.91. The molecule has 0 fully saturated rings. The van der Waals surface area contributed by atoms with Gasteiger partial charge in [0, 0.05) is 19.8 Å². The van der Waals surface area contributed by atoms with Crippen LogP contribution in [0.3, 0.4) is 0 Å². The van der Waals surface area contributed by atoms with Gasteiger partial charge in [-0.1, -0.05) is 6.07 Å². The molecule has 1 heterocycles. The number of carbonyl (C=O) groups is 1. The summed E-state index contributed by atoms with van der Waals surface area (Å²) in [7, 11) is -0.635. The fourth-order valence-electron chi connectivity index (χ4n) is 1.55. The minimum atomic E-state index is -3.53. The molecule has 0 aliphatic rings. The number of sulfonamides is 1. The third-order valence-corrected chi connectivity index (χ3v) is 4.43. The van der Waals surface area contributed by atoms with E-state index in [9.17, 15) is 13.2 Å². The van der Waals surface area contributed by atoms with Gasteiger partial charge < -0.3 is 9.73 Å². The molecule has 0 bridgehead atoms. The van der Waals surface area contributed by atoms with E-state index in [1.54, 1.807) is 18.2 Å². The van der Waals surface area contributed by atoms with Gasteiger partial charge in [-0.3, -0.25) is 4.79 Å². The number of anilines is 1. The van der Waals surface area contributed by atoms with E-state index in [1.807, 2.05) is 0 Å². The average Bonchev–Trinajstić information content (AvgIpc) is 2.92. The van der Waals surface area contributed by atoms with Crippen molar-refractivity contribution in [3.8, 4) is 0 Å². The SMILES string of the molecule is CN(C)S(=O)(=O)c1cccc(NC(=O)c2ccco2)c1. The Balaban J connectivity index is 2.25. The van der Waals surface area contributed by atoms with Crippen LogP contribution < -0.4 is 5.32 Å². The molecule has 20 heavy (non-hydrogen) atoms. The molecule has 1 aromatic carbocycles. The number of hydrogen-bond acceptors (Lipinski definition) is 4. The molecule has 0 atom stereocenters. The number of benzene rings is 1. The van der Waals surface area contributed by atoms with Crippen molar-refractivity contribution in [2.75, 3.05) is 19.4 Å². The number of hydrogen-bond donors (Lipinski definition) is 1. The van der Waals surface area contributed by atoms with E-state index < -0.39 is 15.9 Å². The molecule has 2 rings (SSSR count). The lowest BCUT2D eigenvalue weighted by atomic mass is 10.3. The first-order chi connectivity index (χ1) is 9.41. The Bertz CT molecular complexity index is 706. The van der Waals surface area contributed by atoms with Crippen LogP contribution in [0.25, 0.3) is 0 Å². The highest BCUT2D eigenvalue weighted by Crippen LogP contribution is 2.18. The van der Waals surface area contributed by atoms with Gasteiger partial charge in [-0.2, -0.15) is 0 Å². The molecule has 7 heteroatoms. The van der Waals surface area contributed by atoms with Crippen molar-refractivity contribution < 1.29 is 17.6 Å². The summed E-state index contributed by atoms with van der Waals surface area (Å²) in [5.41, 5.74) is 0.384. The average molecular weight is 294 g/mol. The topological polar surface area (TPSA) is 79.6 Å². The molecule has 1 N–H and O–H groups in total. The van der Waals surface area contributed by atoms with Crippen LogP contribution in [0, 0.1) is 0 Å². The Hall–Kier alpha value is -2.12. The molecule has 1 amide bonds. The maximum absolute atomic E-state index is 12.0. The lowest BCUT2D eigenvalue weighted by molar-refractivity contribution is 0.0996. The van der Waals surface area contributed by atoms with Crippen molar-refractivity contribution in [2.45, 2.75) is 4.90 Å². The zero-order valence-corrected chi connectivity index (χ0v) is 11.8. The summed E-state index contributed by atoms with van der Waals surface area (Å²) < 4.78 is 30.1. The van der Waals surface area contributed by atoms with Gasteiger partial charge in [0.05, 0.1) is 11.2 Å². The van der Waals surface area contributed by atoms with Crippen LogP contribution in [0.1, 0.15) is 10.6 Å². The van der Waals surface area contributed by atoms with Crippen molar-refractivity contribution in [1.82, 2.24) is 4.31 Å². The summed E-state index contributed by atoms with van der Waals surface area (Å²) in [6.45, 7) is 0. The van der Waals surface area contributed by atoms with Gasteiger partial charge in [-0.15, -0.1) is 0 Å². The molecule has 0 spiro atoms.